The largest absolute Gasteiger partial charge is 0.368 e. The lowest BCUT2D eigenvalue weighted by atomic mass is 10.00. The topological polar surface area (TPSA) is 67.6 Å². The van der Waals surface area contributed by atoms with Crippen LogP contribution in [0.15, 0.2) is 0 Å². The van der Waals surface area contributed by atoms with Crippen molar-refractivity contribution >= 4 is 5.91 Å². The zero-order valence-corrected chi connectivity index (χ0v) is 8.95. The van der Waals surface area contributed by atoms with E-state index in [4.69, 9.17) is 10.6 Å². The third-order valence-corrected chi connectivity index (χ3v) is 3.31. The van der Waals surface area contributed by atoms with Crippen LogP contribution < -0.4 is 11.2 Å². The van der Waals surface area contributed by atoms with Gasteiger partial charge in [-0.3, -0.25) is 14.5 Å². The summed E-state index contributed by atoms with van der Waals surface area (Å²) in [7, 11) is 0. The van der Waals surface area contributed by atoms with E-state index in [0.717, 1.165) is 13.0 Å². The van der Waals surface area contributed by atoms with Crippen molar-refractivity contribution in [1.82, 2.24) is 10.4 Å². The Morgan fingerprint density at radius 3 is 3.07 bits per heavy atom. The summed E-state index contributed by atoms with van der Waals surface area (Å²) in [4.78, 5) is 18.1. The van der Waals surface area contributed by atoms with E-state index in [1.54, 1.807) is 0 Å². The first-order chi connectivity index (χ1) is 7.27. The molecule has 0 saturated carbocycles. The van der Waals surface area contributed by atoms with Gasteiger partial charge in [-0.05, 0) is 25.8 Å². The first-order valence-electron chi connectivity index (χ1n) is 5.67. The van der Waals surface area contributed by atoms with Gasteiger partial charge in [-0.15, -0.1) is 0 Å². The highest BCUT2D eigenvalue weighted by molar-refractivity contribution is 5.74. The first-order valence-corrected chi connectivity index (χ1v) is 5.67. The van der Waals surface area contributed by atoms with Crippen molar-refractivity contribution in [1.29, 1.82) is 0 Å². The molecule has 2 saturated heterocycles. The number of primary amides is 1. The van der Waals surface area contributed by atoms with E-state index in [0.29, 0.717) is 12.1 Å². The van der Waals surface area contributed by atoms with Gasteiger partial charge >= 0.3 is 0 Å². The minimum atomic E-state index is -0.430. The molecule has 2 aliphatic heterocycles. The summed E-state index contributed by atoms with van der Waals surface area (Å²) < 4.78 is 0. The smallest absolute Gasteiger partial charge is 0.245 e. The van der Waals surface area contributed by atoms with Crippen LogP contribution in [-0.4, -0.2) is 42.6 Å². The van der Waals surface area contributed by atoms with Crippen LogP contribution in [0.2, 0.25) is 0 Å². The number of nitrogens with two attached hydrogens (primary N) is 1. The second-order valence-electron chi connectivity index (χ2n) is 4.37. The Labute approximate surface area is 89.9 Å². The van der Waals surface area contributed by atoms with Crippen LogP contribution in [-0.2, 0) is 9.63 Å². The third-order valence-electron chi connectivity index (χ3n) is 3.31. The number of nitrogens with one attached hydrogen (secondary N) is 1. The third kappa shape index (κ3) is 2.68. The maximum atomic E-state index is 10.5. The predicted octanol–water partition coefficient (Wildman–Crippen LogP) is -0.380. The highest BCUT2D eigenvalue weighted by Gasteiger charge is 2.35. The summed E-state index contributed by atoms with van der Waals surface area (Å²) >= 11 is 0. The quantitative estimate of drug-likeness (QED) is 0.625. The average molecular weight is 213 g/mol. The van der Waals surface area contributed by atoms with E-state index in [1.807, 2.05) is 0 Å². The number of nitrogens with zero attached hydrogens (tertiary/aromatic N) is 1. The van der Waals surface area contributed by atoms with Crippen molar-refractivity contribution in [3.8, 4) is 0 Å². The zero-order valence-electron chi connectivity index (χ0n) is 8.95. The summed E-state index contributed by atoms with van der Waals surface area (Å²) in [5.74, 6) is -0.430. The lowest BCUT2D eigenvalue weighted by Gasteiger charge is -2.32. The molecule has 2 heterocycles. The summed E-state index contributed by atoms with van der Waals surface area (Å²) in [5, 5.41) is 0. The number of amides is 1. The summed E-state index contributed by atoms with van der Waals surface area (Å²) in [6.45, 7) is 2.31. The Bertz CT molecular complexity index is 235. The Morgan fingerprint density at radius 2 is 2.27 bits per heavy atom. The van der Waals surface area contributed by atoms with E-state index >= 15 is 0 Å². The molecule has 0 aromatic carbocycles. The van der Waals surface area contributed by atoms with Gasteiger partial charge in [0.2, 0.25) is 5.91 Å². The molecule has 0 bridgehead atoms. The van der Waals surface area contributed by atoms with Gasteiger partial charge in [-0.2, -0.15) is 5.48 Å². The van der Waals surface area contributed by atoms with Gasteiger partial charge in [0, 0.05) is 18.6 Å². The normalized spacial score (nSPS) is 31.5. The fourth-order valence-corrected chi connectivity index (χ4v) is 2.60. The highest BCUT2D eigenvalue weighted by atomic mass is 16.6. The number of hydrogen-bond donors (Lipinski definition) is 2. The maximum Gasteiger partial charge on any atom is 0.245 e. The van der Waals surface area contributed by atoms with Crippen molar-refractivity contribution in [2.75, 3.05) is 19.7 Å². The predicted molar refractivity (Wildman–Crippen MR) is 55.9 cm³/mol. The fraction of sp³-hybridized carbons (Fsp3) is 0.900. The molecule has 2 atom stereocenters. The number of rotatable bonds is 4. The molecule has 0 aromatic heterocycles. The van der Waals surface area contributed by atoms with Crippen LogP contribution in [0.4, 0.5) is 0 Å². The van der Waals surface area contributed by atoms with Crippen LogP contribution >= 0.6 is 0 Å². The minimum Gasteiger partial charge on any atom is -0.368 e. The second kappa shape index (κ2) is 4.92. The standard InChI is InChI=1S/C10H19N3O2/c11-10(14)7-15-12-8-4-6-13-5-2-1-3-9(8)13/h8-9,12H,1-7H2,(H2,11,14). The van der Waals surface area contributed by atoms with E-state index in [1.165, 1.54) is 25.8 Å². The molecule has 2 aliphatic rings. The Balaban J connectivity index is 1.75. The number of carbonyl (C=O) groups excluding carboxylic acids is 1. The fourth-order valence-electron chi connectivity index (χ4n) is 2.60. The maximum absolute atomic E-state index is 10.5. The molecule has 2 unspecified atom stereocenters. The number of carbonyl (C=O) groups is 1. The molecule has 2 fully saturated rings. The SMILES string of the molecule is NC(=O)CONC1CCN2CCCCC12. The first kappa shape index (κ1) is 10.9. The van der Waals surface area contributed by atoms with Gasteiger partial charge in [0.1, 0.15) is 6.61 Å². The lowest BCUT2D eigenvalue weighted by Crippen LogP contribution is -2.45. The Kier molecular flexibility index (Phi) is 3.56. The van der Waals surface area contributed by atoms with Crippen LogP contribution in [0.25, 0.3) is 0 Å². The van der Waals surface area contributed by atoms with Gasteiger partial charge in [0.15, 0.2) is 0 Å². The molecule has 0 aliphatic carbocycles. The molecule has 5 heteroatoms. The second-order valence-corrected chi connectivity index (χ2v) is 4.37. The summed E-state index contributed by atoms with van der Waals surface area (Å²) in [6, 6.07) is 0.955. The molecule has 2 rings (SSSR count). The molecule has 3 N–H and O–H groups in total. The van der Waals surface area contributed by atoms with E-state index < -0.39 is 5.91 Å². The van der Waals surface area contributed by atoms with E-state index in [2.05, 4.69) is 10.4 Å². The average Bonchev–Trinajstić information content (AvgIpc) is 2.62. The zero-order chi connectivity index (χ0) is 10.7. The van der Waals surface area contributed by atoms with Crippen LogP contribution in [0, 0.1) is 0 Å². The molecular formula is C10H19N3O2. The molecule has 15 heavy (non-hydrogen) atoms. The number of piperidine rings is 1. The molecule has 0 spiro atoms. The van der Waals surface area contributed by atoms with Gasteiger partial charge in [0.25, 0.3) is 0 Å². The minimum absolute atomic E-state index is 0.0385. The van der Waals surface area contributed by atoms with E-state index in [9.17, 15) is 4.79 Å². The van der Waals surface area contributed by atoms with Crippen molar-refractivity contribution in [2.24, 2.45) is 5.73 Å². The Hall–Kier alpha value is -0.650. The van der Waals surface area contributed by atoms with Crippen LogP contribution in [0.5, 0.6) is 0 Å². The highest BCUT2D eigenvalue weighted by Crippen LogP contribution is 2.26. The molecule has 5 nitrogen and oxygen atoms in total. The molecule has 0 radical (unpaired) electrons. The van der Waals surface area contributed by atoms with Crippen LogP contribution in [0.1, 0.15) is 25.7 Å². The van der Waals surface area contributed by atoms with Crippen molar-refractivity contribution in [3.05, 3.63) is 0 Å². The van der Waals surface area contributed by atoms with Crippen molar-refractivity contribution in [3.63, 3.8) is 0 Å². The van der Waals surface area contributed by atoms with E-state index in [-0.39, 0.29) is 6.61 Å². The van der Waals surface area contributed by atoms with Gasteiger partial charge in [0.05, 0.1) is 0 Å². The number of hydroxylamine groups is 1. The number of hydrogen-bond acceptors (Lipinski definition) is 4. The Morgan fingerprint density at radius 1 is 1.40 bits per heavy atom. The number of fused-ring (bicyclic) bond motifs is 1. The van der Waals surface area contributed by atoms with Crippen molar-refractivity contribution in [2.45, 2.75) is 37.8 Å². The van der Waals surface area contributed by atoms with Gasteiger partial charge in [-0.25, -0.2) is 0 Å². The molecular weight excluding hydrogens is 194 g/mol. The van der Waals surface area contributed by atoms with Crippen LogP contribution in [0.3, 0.4) is 0 Å². The monoisotopic (exact) mass is 213 g/mol. The van der Waals surface area contributed by atoms with Crippen molar-refractivity contribution < 1.29 is 9.63 Å². The van der Waals surface area contributed by atoms with Gasteiger partial charge < -0.3 is 5.73 Å². The molecule has 1 amide bonds. The molecule has 86 valence electrons. The summed E-state index contributed by atoms with van der Waals surface area (Å²) in [6.07, 6.45) is 4.95. The van der Waals surface area contributed by atoms with Gasteiger partial charge in [-0.1, -0.05) is 6.42 Å². The molecule has 0 aromatic rings. The lowest BCUT2D eigenvalue weighted by molar-refractivity contribution is -0.126. The summed E-state index contributed by atoms with van der Waals surface area (Å²) in [5.41, 5.74) is 7.96.